The predicted molar refractivity (Wildman–Crippen MR) is 114 cm³/mol. The van der Waals surface area contributed by atoms with Gasteiger partial charge in [-0.15, -0.1) is 0 Å². The number of hydrogen-bond acceptors (Lipinski definition) is 4. The highest BCUT2D eigenvalue weighted by Gasteiger charge is 2.29. The number of hydrogen-bond donors (Lipinski definition) is 1. The van der Waals surface area contributed by atoms with Crippen LogP contribution in [0.2, 0.25) is 0 Å². The molecule has 0 bridgehead atoms. The summed E-state index contributed by atoms with van der Waals surface area (Å²) >= 11 is 0. The number of rotatable bonds is 12. The normalized spacial score (nSPS) is 18.8. The molecule has 1 heterocycles. The first kappa shape index (κ1) is 23.4. The van der Waals surface area contributed by atoms with Gasteiger partial charge in [0.15, 0.2) is 0 Å². The van der Waals surface area contributed by atoms with Crippen molar-refractivity contribution in [3.05, 3.63) is 29.8 Å². The van der Waals surface area contributed by atoms with E-state index in [1.807, 2.05) is 0 Å². The van der Waals surface area contributed by atoms with Gasteiger partial charge in [-0.05, 0) is 64.3 Å². The van der Waals surface area contributed by atoms with Crippen LogP contribution in [0.5, 0.6) is 0 Å². The fourth-order valence-corrected chi connectivity index (χ4v) is 5.04. The summed E-state index contributed by atoms with van der Waals surface area (Å²) in [6.07, 6.45) is 8.54. The Morgan fingerprint density at radius 2 is 1.80 bits per heavy atom. The maximum atomic E-state index is 13.7. The summed E-state index contributed by atoms with van der Waals surface area (Å²) in [5.74, 6) is -1.51. The maximum Gasteiger partial charge on any atom is 0.301 e. The lowest BCUT2D eigenvalue weighted by molar-refractivity contribution is 0.0193. The largest absolute Gasteiger partial charge is 0.378 e. The van der Waals surface area contributed by atoms with E-state index >= 15 is 0 Å². The smallest absolute Gasteiger partial charge is 0.301 e. The molecule has 0 unspecified atom stereocenters. The third-order valence-corrected chi connectivity index (χ3v) is 7.36. The zero-order chi connectivity index (χ0) is 21.6. The highest BCUT2D eigenvalue weighted by molar-refractivity contribution is 7.90. The molecule has 1 saturated heterocycles. The summed E-state index contributed by atoms with van der Waals surface area (Å²) in [7, 11) is -1.72. The minimum Gasteiger partial charge on any atom is -0.378 e. The van der Waals surface area contributed by atoms with E-state index in [1.54, 1.807) is 0 Å². The van der Waals surface area contributed by atoms with Crippen LogP contribution in [0.15, 0.2) is 18.2 Å². The SMILES string of the molecule is CN(CCCCCCOC1CCN(S(=O)(=O)Nc2cc(F)ccc2F)CC1)C1CC1. The van der Waals surface area contributed by atoms with Crippen LogP contribution < -0.4 is 4.72 Å². The second-order valence-electron chi connectivity index (χ2n) is 8.33. The molecule has 1 aliphatic heterocycles. The van der Waals surface area contributed by atoms with E-state index in [0.717, 1.165) is 37.1 Å². The first-order chi connectivity index (χ1) is 14.3. The first-order valence-electron chi connectivity index (χ1n) is 10.9. The van der Waals surface area contributed by atoms with Gasteiger partial charge in [-0.2, -0.15) is 12.7 Å². The van der Waals surface area contributed by atoms with Crippen LogP contribution in [0, 0.1) is 11.6 Å². The zero-order valence-corrected chi connectivity index (χ0v) is 18.5. The van der Waals surface area contributed by atoms with Gasteiger partial charge in [0.25, 0.3) is 0 Å². The van der Waals surface area contributed by atoms with Gasteiger partial charge in [-0.3, -0.25) is 4.72 Å². The van der Waals surface area contributed by atoms with Crippen molar-refractivity contribution >= 4 is 15.9 Å². The van der Waals surface area contributed by atoms with E-state index in [1.165, 1.54) is 36.5 Å². The van der Waals surface area contributed by atoms with Crippen molar-refractivity contribution in [1.82, 2.24) is 9.21 Å². The quantitative estimate of drug-likeness (QED) is 0.498. The molecule has 0 atom stereocenters. The zero-order valence-electron chi connectivity index (χ0n) is 17.7. The van der Waals surface area contributed by atoms with Gasteiger partial charge >= 0.3 is 10.2 Å². The molecular formula is C21H33F2N3O3S. The molecule has 0 aromatic heterocycles. The average Bonchev–Trinajstić information content (AvgIpc) is 3.55. The lowest BCUT2D eigenvalue weighted by atomic mass is 10.1. The lowest BCUT2D eigenvalue weighted by Gasteiger charge is -2.31. The number of anilines is 1. The average molecular weight is 446 g/mol. The van der Waals surface area contributed by atoms with Crippen LogP contribution in [0.25, 0.3) is 0 Å². The number of unbranched alkanes of at least 4 members (excludes halogenated alkanes) is 3. The van der Waals surface area contributed by atoms with Crippen molar-refractivity contribution in [1.29, 1.82) is 0 Å². The molecule has 6 nitrogen and oxygen atoms in total. The number of ether oxygens (including phenoxy) is 1. The Hall–Kier alpha value is -1.29. The van der Waals surface area contributed by atoms with Gasteiger partial charge in [-0.1, -0.05) is 12.8 Å². The molecule has 1 aromatic carbocycles. The van der Waals surface area contributed by atoms with E-state index in [9.17, 15) is 17.2 Å². The van der Waals surface area contributed by atoms with Crippen LogP contribution in [0.1, 0.15) is 51.4 Å². The van der Waals surface area contributed by atoms with Gasteiger partial charge in [0, 0.05) is 31.8 Å². The van der Waals surface area contributed by atoms with Crippen molar-refractivity contribution in [3.8, 4) is 0 Å². The molecule has 1 N–H and O–H groups in total. The molecule has 2 fully saturated rings. The van der Waals surface area contributed by atoms with Crippen LogP contribution >= 0.6 is 0 Å². The fourth-order valence-electron chi connectivity index (χ4n) is 3.78. The molecular weight excluding hydrogens is 412 g/mol. The van der Waals surface area contributed by atoms with E-state index in [2.05, 4.69) is 16.7 Å². The molecule has 1 saturated carbocycles. The summed E-state index contributed by atoms with van der Waals surface area (Å²) < 4.78 is 61.2. The fraction of sp³-hybridized carbons (Fsp3) is 0.714. The molecule has 9 heteroatoms. The number of piperidine rings is 1. The van der Waals surface area contributed by atoms with Crippen LogP contribution in [-0.4, -0.2) is 63.1 Å². The molecule has 1 aromatic rings. The summed E-state index contributed by atoms with van der Waals surface area (Å²) in [4.78, 5) is 2.45. The third kappa shape index (κ3) is 7.14. The Balaban J connectivity index is 1.29. The Labute approximate surface area is 178 Å². The van der Waals surface area contributed by atoms with Crippen molar-refractivity contribution in [3.63, 3.8) is 0 Å². The van der Waals surface area contributed by atoms with Crippen molar-refractivity contribution < 1.29 is 21.9 Å². The maximum absolute atomic E-state index is 13.7. The second-order valence-corrected chi connectivity index (χ2v) is 10.00. The summed E-state index contributed by atoms with van der Waals surface area (Å²) in [5, 5.41) is 0. The van der Waals surface area contributed by atoms with E-state index in [0.29, 0.717) is 32.5 Å². The van der Waals surface area contributed by atoms with Gasteiger partial charge < -0.3 is 9.64 Å². The molecule has 0 amide bonds. The van der Waals surface area contributed by atoms with E-state index < -0.39 is 21.8 Å². The molecule has 170 valence electrons. The van der Waals surface area contributed by atoms with Crippen molar-refractivity contribution in [2.24, 2.45) is 0 Å². The third-order valence-electron chi connectivity index (χ3n) is 5.84. The van der Waals surface area contributed by atoms with Crippen molar-refractivity contribution in [2.75, 3.05) is 38.0 Å². The predicted octanol–water partition coefficient (Wildman–Crippen LogP) is 3.76. The molecule has 30 heavy (non-hydrogen) atoms. The highest BCUT2D eigenvalue weighted by Crippen LogP contribution is 2.25. The van der Waals surface area contributed by atoms with Gasteiger partial charge in [0.1, 0.15) is 11.6 Å². The Kier molecular flexibility index (Phi) is 8.44. The van der Waals surface area contributed by atoms with Crippen LogP contribution in [-0.2, 0) is 14.9 Å². The van der Waals surface area contributed by atoms with Crippen molar-refractivity contribution in [2.45, 2.75) is 63.5 Å². The monoisotopic (exact) mass is 445 g/mol. The summed E-state index contributed by atoms with van der Waals surface area (Å²) in [5.41, 5.74) is -0.378. The molecule has 0 radical (unpaired) electrons. The first-order valence-corrected chi connectivity index (χ1v) is 12.3. The van der Waals surface area contributed by atoms with Crippen LogP contribution in [0.3, 0.4) is 0 Å². The Morgan fingerprint density at radius 3 is 2.50 bits per heavy atom. The Morgan fingerprint density at radius 1 is 1.10 bits per heavy atom. The number of halogens is 2. The summed E-state index contributed by atoms with van der Waals surface area (Å²) in [6, 6.07) is 3.51. The number of nitrogens with zero attached hydrogens (tertiary/aromatic N) is 2. The standard InChI is InChI=1S/C21H33F2N3O3S/c1-25(18-7-8-18)12-4-2-3-5-15-29-19-10-13-26(14-11-19)30(27,28)24-21-16-17(22)6-9-20(21)23/h6,9,16,18-19,24H,2-5,7-8,10-15H2,1H3. The van der Waals surface area contributed by atoms with E-state index in [4.69, 9.17) is 4.74 Å². The molecule has 3 rings (SSSR count). The molecule has 2 aliphatic rings. The molecule has 1 aliphatic carbocycles. The Bertz CT molecular complexity index is 782. The number of benzene rings is 1. The van der Waals surface area contributed by atoms with Crippen LogP contribution in [0.4, 0.5) is 14.5 Å². The molecule has 0 spiro atoms. The second kappa shape index (κ2) is 10.8. The minimum absolute atomic E-state index is 0.0448. The van der Waals surface area contributed by atoms with Gasteiger partial charge in [0.05, 0.1) is 11.8 Å². The summed E-state index contributed by atoms with van der Waals surface area (Å²) in [6.45, 7) is 2.46. The van der Waals surface area contributed by atoms with Gasteiger partial charge in [-0.25, -0.2) is 8.78 Å². The lowest BCUT2D eigenvalue weighted by Crippen LogP contribution is -2.43. The highest BCUT2D eigenvalue weighted by atomic mass is 32.2. The number of nitrogens with one attached hydrogen (secondary N) is 1. The topological polar surface area (TPSA) is 61.9 Å². The van der Waals surface area contributed by atoms with Gasteiger partial charge in [0.2, 0.25) is 0 Å². The minimum atomic E-state index is -3.93. The van der Waals surface area contributed by atoms with E-state index in [-0.39, 0.29) is 11.8 Å².